The van der Waals surface area contributed by atoms with Crippen LogP contribution in [0.25, 0.3) is 22.6 Å². The number of amides is 1. The van der Waals surface area contributed by atoms with E-state index in [2.05, 4.69) is 15.5 Å². The smallest absolute Gasteiger partial charge is 0.259 e. The third kappa shape index (κ3) is 3.91. The van der Waals surface area contributed by atoms with Gasteiger partial charge in [-0.2, -0.15) is 4.31 Å². The lowest BCUT2D eigenvalue weighted by Gasteiger charge is -2.26. The molecule has 1 fully saturated rings. The SMILES string of the molecule is Cc1noc2nc(-c3ccco3)cc(C(=O)Nc3cc(S(=O)(=O)N4CCOCC4)ccc3O)c12. The number of hydrogen-bond acceptors (Lipinski definition) is 9. The first kappa shape index (κ1) is 22.1. The molecule has 5 rings (SSSR count). The number of sulfonamides is 1. The predicted molar refractivity (Wildman–Crippen MR) is 120 cm³/mol. The molecule has 34 heavy (non-hydrogen) atoms. The van der Waals surface area contributed by atoms with Crippen molar-refractivity contribution in [2.75, 3.05) is 31.6 Å². The zero-order valence-electron chi connectivity index (χ0n) is 18.0. The Morgan fingerprint density at radius 2 is 1.97 bits per heavy atom. The van der Waals surface area contributed by atoms with Gasteiger partial charge in [0.2, 0.25) is 10.0 Å². The number of benzene rings is 1. The summed E-state index contributed by atoms with van der Waals surface area (Å²) in [5.74, 6) is -0.470. The number of fused-ring (bicyclic) bond motifs is 1. The Kier molecular flexibility index (Phi) is 5.55. The van der Waals surface area contributed by atoms with Crippen molar-refractivity contribution >= 4 is 32.7 Å². The first-order valence-corrected chi connectivity index (χ1v) is 11.8. The fraction of sp³-hybridized carbons (Fsp3) is 0.227. The molecular weight excluding hydrogens is 464 g/mol. The number of aromatic hydroxyl groups is 1. The summed E-state index contributed by atoms with van der Waals surface area (Å²) in [7, 11) is -3.83. The number of aryl methyl sites for hydroxylation is 1. The van der Waals surface area contributed by atoms with Gasteiger partial charge in [-0.05, 0) is 43.3 Å². The van der Waals surface area contributed by atoms with Gasteiger partial charge in [0.15, 0.2) is 5.76 Å². The van der Waals surface area contributed by atoms with Gasteiger partial charge in [-0.25, -0.2) is 13.4 Å². The zero-order chi connectivity index (χ0) is 23.9. The first-order chi connectivity index (χ1) is 16.3. The number of rotatable bonds is 5. The number of nitrogens with one attached hydrogen (secondary N) is 1. The van der Waals surface area contributed by atoms with E-state index in [1.165, 1.54) is 34.8 Å². The maximum Gasteiger partial charge on any atom is 0.259 e. The fourth-order valence-electron chi connectivity index (χ4n) is 3.73. The maximum atomic E-state index is 13.3. The van der Waals surface area contributed by atoms with E-state index in [0.29, 0.717) is 35.7 Å². The van der Waals surface area contributed by atoms with Crippen molar-refractivity contribution < 1.29 is 32.0 Å². The van der Waals surface area contributed by atoms with Crippen LogP contribution in [0.1, 0.15) is 16.1 Å². The number of pyridine rings is 1. The number of carbonyl (C=O) groups excluding carboxylic acids is 1. The van der Waals surface area contributed by atoms with Crippen molar-refractivity contribution in [3.05, 3.63) is 53.9 Å². The molecular formula is C22H20N4O7S. The predicted octanol–water partition coefficient (Wildman–Crippen LogP) is 2.77. The van der Waals surface area contributed by atoms with Crippen LogP contribution >= 0.6 is 0 Å². The van der Waals surface area contributed by atoms with Crippen LogP contribution in [-0.2, 0) is 14.8 Å². The summed E-state index contributed by atoms with van der Waals surface area (Å²) in [4.78, 5) is 17.6. The second kappa shape index (κ2) is 8.56. The molecule has 1 aliphatic rings. The molecule has 1 amide bonds. The summed E-state index contributed by atoms with van der Waals surface area (Å²) in [6, 6.07) is 8.63. The number of phenolic OH excluding ortho intramolecular Hbond substituents is 1. The van der Waals surface area contributed by atoms with Gasteiger partial charge in [-0.15, -0.1) is 0 Å². The summed E-state index contributed by atoms with van der Waals surface area (Å²) < 4.78 is 43.2. The van der Waals surface area contributed by atoms with Crippen LogP contribution in [0.4, 0.5) is 5.69 Å². The number of nitrogens with zero attached hydrogens (tertiary/aromatic N) is 3. The van der Waals surface area contributed by atoms with E-state index in [1.807, 2.05) is 0 Å². The Bertz CT molecular complexity index is 1470. The van der Waals surface area contributed by atoms with Gasteiger partial charge in [0.1, 0.15) is 11.4 Å². The quantitative estimate of drug-likeness (QED) is 0.408. The van der Waals surface area contributed by atoms with Crippen molar-refractivity contribution in [2.45, 2.75) is 11.8 Å². The summed E-state index contributed by atoms with van der Waals surface area (Å²) >= 11 is 0. The van der Waals surface area contributed by atoms with E-state index < -0.39 is 15.9 Å². The van der Waals surface area contributed by atoms with Crippen LogP contribution in [0.3, 0.4) is 0 Å². The van der Waals surface area contributed by atoms with Crippen LogP contribution in [0.5, 0.6) is 5.75 Å². The molecule has 0 saturated carbocycles. The van der Waals surface area contributed by atoms with Crippen LogP contribution in [-0.4, -0.2) is 60.2 Å². The molecule has 4 aromatic rings. The lowest BCUT2D eigenvalue weighted by atomic mass is 10.1. The minimum Gasteiger partial charge on any atom is -0.506 e. The van der Waals surface area contributed by atoms with Crippen LogP contribution in [0, 0.1) is 6.92 Å². The number of anilines is 1. The third-order valence-electron chi connectivity index (χ3n) is 5.46. The molecule has 1 aliphatic heterocycles. The number of phenols is 1. The highest BCUT2D eigenvalue weighted by molar-refractivity contribution is 7.89. The first-order valence-electron chi connectivity index (χ1n) is 10.4. The van der Waals surface area contributed by atoms with Gasteiger partial charge in [0, 0.05) is 13.1 Å². The monoisotopic (exact) mass is 484 g/mol. The Hall–Kier alpha value is -3.74. The Morgan fingerprint density at radius 1 is 1.18 bits per heavy atom. The second-order valence-corrected chi connectivity index (χ2v) is 9.57. The van der Waals surface area contributed by atoms with Crippen LogP contribution in [0.2, 0.25) is 0 Å². The summed E-state index contributed by atoms with van der Waals surface area (Å²) in [5, 5.41) is 17.2. The number of ether oxygens (including phenoxy) is 1. The second-order valence-electron chi connectivity index (χ2n) is 7.63. The number of carbonyl (C=O) groups is 1. The lowest BCUT2D eigenvalue weighted by Crippen LogP contribution is -2.40. The van der Waals surface area contributed by atoms with E-state index in [-0.39, 0.29) is 40.7 Å². The molecule has 11 nitrogen and oxygen atoms in total. The minimum atomic E-state index is -3.83. The topological polar surface area (TPSA) is 148 Å². The molecule has 4 heterocycles. The highest BCUT2D eigenvalue weighted by Gasteiger charge is 2.28. The number of furan rings is 1. The standard InChI is InChI=1S/C22H20N4O7S/c1-13-20-15(12-17(19-3-2-8-32-19)24-22(20)33-25-13)21(28)23-16-11-14(4-5-18(16)27)34(29,30)26-6-9-31-10-7-26/h2-5,8,11-12,27H,6-7,9-10H2,1H3,(H,23,28). The maximum absolute atomic E-state index is 13.3. The molecule has 3 aromatic heterocycles. The van der Waals surface area contributed by atoms with E-state index in [4.69, 9.17) is 13.7 Å². The number of hydrogen-bond donors (Lipinski definition) is 2. The molecule has 2 N–H and O–H groups in total. The molecule has 0 bridgehead atoms. The van der Waals surface area contributed by atoms with Crippen molar-refractivity contribution in [1.29, 1.82) is 0 Å². The number of morpholine rings is 1. The highest BCUT2D eigenvalue weighted by Crippen LogP contribution is 2.31. The molecule has 0 spiro atoms. The summed E-state index contributed by atoms with van der Waals surface area (Å²) in [6.45, 7) is 2.72. The summed E-state index contributed by atoms with van der Waals surface area (Å²) in [6.07, 6.45) is 1.48. The molecule has 176 valence electrons. The molecule has 1 aromatic carbocycles. The molecule has 0 radical (unpaired) electrons. The van der Waals surface area contributed by atoms with Gasteiger partial charge in [-0.1, -0.05) is 5.16 Å². The van der Waals surface area contributed by atoms with Gasteiger partial charge in [-0.3, -0.25) is 4.79 Å². The van der Waals surface area contributed by atoms with Crippen LogP contribution in [0.15, 0.2) is 56.5 Å². The molecule has 0 atom stereocenters. The van der Waals surface area contributed by atoms with Crippen molar-refractivity contribution in [3.63, 3.8) is 0 Å². The molecule has 0 unspecified atom stereocenters. The Balaban J connectivity index is 1.51. The molecule has 1 saturated heterocycles. The Labute approximate surface area is 194 Å². The third-order valence-corrected chi connectivity index (χ3v) is 7.35. The zero-order valence-corrected chi connectivity index (χ0v) is 18.8. The average Bonchev–Trinajstić information content (AvgIpc) is 3.51. The van der Waals surface area contributed by atoms with E-state index in [0.717, 1.165) is 0 Å². The largest absolute Gasteiger partial charge is 0.506 e. The van der Waals surface area contributed by atoms with E-state index in [9.17, 15) is 18.3 Å². The highest BCUT2D eigenvalue weighted by atomic mass is 32.2. The number of aromatic nitrogens is 2. The van der Waals surface area contributed by atoms with Gasteiger partial charge >= 0.3 is 0 Å². The van der Waals surface area contributed by atoms with Crippen molar-refractivity contribution in [1.82, 2.24) is 14.4 Å². The van der Waals surface area contributed by atoms with Crippen molar-refractivity contribution in [3.8, 4) is 17.2 Å². The van der Waals surface area contributed by atoms with Crippen LogP contribution < -0.4 is 5.32 Å². The minimum absolute atomic E-state index is 0.0557. The van der Waals surface area contributed by atoms with E-state index in [1.54, 1.807) is 19.1 Å². The van der Waals surface area contributed by atoms with Crippen molar-refractivity contribution in [2.24, 2.45) is 0 Å². The normalized spacial score (nSPS) is 15.0. The van der Waals surface area contributed by atoms with E-state index >= 15 is 0 Å². The summed E-state index contributed by atoms with van der Waals surface area (Å²) in [5.41, 5.74) is 1.07. The lowest BCUT2D eigenvalue weighted by molar-refractivity contribution is 0.0730. The molecule has 0 aliphatic carbocycles. The van der Waals surface area contributed by atoms with Gasteiger partial charge < -0.3 is 24.1 Å². The molecule has 12 heteroatoms. The van der Waals surface area contributed by atoms with Gasteiger partial charge in [0.25, 0.3) is 11.6 Å². The average molecular weight is 484 g/mol. The Morgan fingerprint density at radius 3 is 2.71 bits per heavy atom. The fourth-order valence-corrected chi connectivity index (χ4v) is 5.16. The van der Waals surface area contributed by atoms with Gasteiger partial charge in [0.05, 0.1) is 46.7 Å².